The fraction of sp³-hybridized carbons (Fsp3) is 0.333. The van der Waals surface area contributed by atoms with Gasteiger partial charge in [-0.2, -0.15) is 5.10 Å². The van der Waals surface area contributed by atoms with E-state index in [9.17, 15) is 4.79 Å². The zero-order chi connectivity index (χ0) is 21.3. The summed E-state index contributed by atoms with van der Waals surface area (Å²) in [6.45, 7) is 7.96. The van der Waals surface area contributed by atoms with Crippen molar-refractivity contribution in [2.45, 2.75) is 39.5 Å². The largest absolute Gasteiger partial charge is 0.322 e. The fourth-order valence-electron chi connectivity index (χ4n) is 4.06. The number of aryl methyl sites for hydroxylation is 2. The number of nitrogens with zero attached hydrogens (tertiary/aromatic N) is 2. The van der Waals surface area contributed by atoms with Crippen molar-refractivity contribution in [2.24, 2.45) is 0 Å². The van der Waals surface area contributed by atoms with Crippen LogP contribution >= 0.6 is 24.0 Å². The Hall–Kier alpha value is -2.34. The van der Waals surface area contributed by atoms with E-state index >= 15 is 0 Å². The van der Waals surface area contributed by atoms with E-state index in [1.807, 2.05) is 54.9 Å². The second-order valence-electron chi connectivity index (χ2n) is 8.02. The first-order valence-electron chi connectivity index (χ1n) is 10.4. The van der Waals surface area contributed by atoms with Crippen LogP contribution in [-0.2, 0) is 0 Å². The van der Waals surface area contributed by atoms with Crippen molar-refractivity contribution >= 4 is 35.6 Å². The lowest BCUT2D eigenvalue weighted by Gasteiger charge is -2.25. The van der Waals surface area contributed by atoms with E-state index in [0.717, 1.165) is 54.1 Å². The highest BCUT2D eigenvalue weighted by molar-refractivity contribution is 6.31. The lowest BCUT2D eigenvalue weighted by atomic mass is 9.91. The summed E-state index contributed by atoms with van der Waals surface area (Å²) >= 11 is 6.38. The van der Waals surface area contributed by atoms with Crippen LogP contribution < -0.4 is 10.6 Å². The highest BCUT2D eigenvalue weighted by Crippen LogP contribution is 2.32. The Bertz CT molecular complexity index is 1090. The van der Waals surface area contributed by atoms with E-state index < -0.39 is 0 Å². The molecule has 1 aromatic heterocycles. The van der Waals surface area contributed by atoms with Crippen LogP contribution in [0, 0.1) is 20.8 Å². The Morgan fingerprint density at radius 2 is 1.87 bits per heavy atom. The van der Waals surface area contributed by atoms with Crippen molar-refractivity contribution < 1.29 is 4.79 Å². The number of nitrogens with one attached hydrogen (secondary N) is 2. The van der Waals surface area contributed by atoms with Crippen molar-refractivity contribution in [3.05, 3.63) is 75.6 Å². The molecule has 0 aliphatic carbocycles. The third kappa shape index (κ3) is 4.79. The number of hydrogen-bond donors (Lipinski definition) is 2. The van der Waals surface area contributed by atoms with Gasteiger partial charge in [0.05, 0.1) is 23.1 Å². The molecule has 1 aliphatic rings. The standard InChI is InChI=1S/C24H27ClN4O.ClH/c1-15-7-8-19(13-16(15)2)28-24(30)20-14-27-29(22-6-4-5-21(25)17(22)3)23(20)18-9-11-26-12-10-18;/h4-8,13-14,18,26H,9-12H2,1-3H3,(H,28,30);1H. The summed E-state index contributed by atoms with van der Waals surface area (Å²) in [5.41, 5.74) is 6.61. The summed E-state index contributed by atoms with van der Waals surface area (Å²) < 4.78 is 1.91. The van der Waals surface area contributed by atoms with Gasteiger partial charge in [-0.15, -0.1) is 12.4 Å². The van der Waals surface area contributed by atoms with E-state index in [1.165, 1.54) is 5.56 Å². The second kappa shape index (κ2) is 9.86. The topological polar surface area (TPSA) is 59.0 Å². The molecule has 0 unspecified atom stereocenters. The zero-order valence-corrected chi connectivity index (χ0v) is 19.6. The molecule has 164 valence electrons. The zero-order valence-electron chi connectivity index (χ0n) is 18.0. The van der Waals surface area contributed by atoms with Gasteiger partial charge in [0.15, 0.2) is 0 Å². The maximum atomic E-state index is 13.3. The molecule has 31 heavy (non-hydrogen) atoms. The number of aromatic nitrogens is 2. The molecule has 1 aliphatic heterocycles. The van der Waals surface area contributed by atoms with E-state index in [0.29, 0.717) is 10.6 Å². The number of carbonyl (C=O) groups is 1. The molecule has 0 saturated carbocycles. The number of carbonyl (C=O) groups excluding carboxylic acids is 1. The normalized spacial score (nSPS) is 14.2. The molecule has 2 aromatic carbocycles. The minimum absolute atomic E-state index is 0. The molecule has 1 amide bonds. The van der Waals surface area contributed by atoms with Crippen molar-refractivity contribution in [3.8, 4) is 5.69 Å². The van der Waals surface area contributed by atoms with Gasteiger partial charge in [-0.3, -0.25) is 4.79 Å². The lowest BCUT2D eigenvalue weighted by molar-refractivity contribution is 0.102. The minimum Gasteiger partial charge on any atom is -0.322 e. The molecule has 5 nitrogen and oxygen atoms in total. The predicted molar refractivity (Wildman–Crippen MR) is 129 cm³/mol. The maximum Gasteiger partial charge on any atom is 0.259 e. The van der Waals surface area contributed by atoms with Crippen LogP contribution in [-0.4, -0.2) is 28.8 Å². The summed E-state index contributed by atoms with van der Waals surface area (Å²) in [5.74, 6) is 0.130. The first-order valence-corrected chi connectivity index (χ1v) is 10.8. The van der Waals surface area contributed by atoms with Crippen LogP contribution in [0.3, 0.4) is 0 Å². The van der Waals surface area contributed by atoms with Gasteiger partial charge in [0, 0.05) is 16.6 Å². The molecule has 3 aromatic rings. The molecule has 0 spiro atoms. The third-order valence-corrected chi connectivity index (χ3v) is 6.42. The second-order valence-corrected chi connectivity index (χ2v) is 8.42. The Morgan fingerprint density at radius 3 is 2.58 bits per heavy atom. The minimum atomic E-state index is -0.127. The number of piperidine rings is 1. The molecule has 0 bridgehead atoms. The van der Waals surface area contributed by atoms with Gasteiger partial charge in [0.25, 0.3) is 5.91 Å². The smallest absolute Gasteiger partial charge is 0.259 e. The highest BCUT2D eigenvalue weighted by atomic mass is 35.5. The van der Waals surface area contributed by atoms with E-state index in [-0.39, 0.29) is 24.2 Å². The van der Waals surface area contributed by atoms with Gasteiger partial charge < -0.3 is 10.6 Å². The van der Waals surface area contributed by atoms with Gasteiger partial charge in [0.2, 0.25) is 0 Å². The number of amides is 1. The summed E-state index contributed by atoms with van der Waals surface area (Å²) in [6.07, 6.45) is 3.62. The van der Waals surface area contributed by atoms with Crippen LogP contribution in [0.15, 0.2) is 42.6 Å². The van der Waals surface area contributed by atoms with E-state index in [4.69, 9.17) is 11.6 Å². The van der Waals surface area contributed by atoms with Crippen LogP contribution in [0.2, 0.25) is 5.02 Å². The molecule has 1 saturated heterocycles. The highest BCUT2D eigenvalue weighted by Gasteiger charge is 2.27. The number of rotatable bonds is 4. The molecule has 7 heteroatoms. The SMILES string of the molecule is Cc1ccc(NC(=O)c2cnn(-c3cccc(Cl)c3C)c2C2CCNCC2)cc1C.Cl. The average Bonchev–Trinajstić information content (AvgIpc) is 3.18. The first kappa shape index (κ1) is 23.3. The molecule has 0 atom stereocenters. The number of hydrogen-bond acceptors (Lipinski definition) is 3. The summed E-state index contributed by atoms with van der Waals surface area (Å²) in [4.78, 5) is 13.3. The van der Waals surface area contributed by atoms with Crippen molar-refractivity contribution in [1.29, 1.82) is 0 Å². The maximum absolute atomic E-state index is 13.3. The van der Waals surface area contributed by atoms with Gasteiger partial charge in [-0.25, -0.2) is 4.68 Å². The van der Waals surface area contributed by atoms with Crippen molar-refractivity contribution in [3.63, 3.8) is 0 Å². The third-order valence-electron chi connectivity index (χ3n) is 6.01. The number of benzene rings is 2. The number of halogens is 2. The molecule has 4 rings (SSSR count). The van der Waals surface area contributed by atoms with E-state index in [1.54, 1.807) is 6.20 Å². The van der Waals surface area contributed by atoms with Crippen molar-refractivity contribution in [2.75, 3.05) is 18.4 Å². The van der Waals surface area contributed by atoms with Crippen LogP contribution in [0.25, 0.3) is 5.69 Å². The molecular weight excluding hydrogens is 431 g/mol. The fourth-order valence-corrected chi connectivity index (χ4v) is 4.23. The van der Waals surface area contributed by atoms with Gasteiger partial charge in [0.1, 0.15) is 0 Å². The summed E-state index contributed by atoms with van der Waals surface area (Å²) in [6, 6.07) is 11.8. The Labute approximate surface area is 194 Å². The Balaban J connectivity index is 0.00000272. The monoisotopic (exact) mass is 458 g/mol. The summed E-state index contributed by atoms with van der Waals surface area (Å²) in [5, 5.41) is 11.8. The lowest BCUT2D eigenvalue weighted by Crippen LogP contribution is -2.29. The average molecular weight is 459 g/mol. The van der Waals surface area contributed by atoms with Gasteiger partial charge in [-0.05, 0) is 87.7 Å². The first-order chi connectivity index (χ1) is 14.5. The van der Waals surface area contributed by atoms with Crippen LogP contribution in [0.5, 0.6) is 0 Å². The molecule has 2 N–H and O–H groups in total. The molecular formula is C24H28Cl2N4O. The van der Waals surface area contributed by atoms with Crippen LogP contribution in [0.1, 0.15) is 51.5 Å². The van der Waals surface area contributed by atoms with Crippen molar-refractivity contribution in [1.82, 2.24) is 15.1 Å². The van der Waals surface area contributed by atoms with Crippen LogP contribution in [0.4, 0.5) is 5.69 Å². The Morgan fingerprint density at radius 1 is 1.13 bits per heavy atom. The molecule has 2 heterocycles. The van der Waals surface area contributed by atoms with Gasteiger partial charge in [-0.1, -0.05) is 23.7 Å². The van der Waals surface area contributed by atoms with E-state index in [2.05, 4.69) is 22.7 Å². The quantitative estimate of drug-likeness (QED) is 0.535. The summed E-state index contributed by atoms with van der Waals surface area (Å²) in [7, 11) is 0. The number of anilines is 1. The predicted octanol–water partition coefficient (Wildman–Crippen LogP) is 5.59. The molecule has 0 radical (unpaired) electrons. The molecule has 1 fully saturated rings. The van der Waals surface area contributed by atoms with Gasteiger partial charge >= 0.3 is 0 Å². The Kier molecular flexibility index (Phi) is 7.42.